The van der Waals surface area contributed by atoms with Crippen LogP contribution in [-0.4, -0.2) is 35.0 Å². The van der Waals surface area contributed by atoms with E-state index >= 15 is 0 Å². The molecule has 1 aliphatic rings. The van der Waals surface area contributed by atoms with Crippen molar-refractivity contribution in [2.75, 3.05) is 25.0 Å². The Kier molecular flexibility index (Phi) is 5.81. The molecule has 1 aromatic carbocycles. The SMILES string of the molecule is NCCCCNc1nnc(-c2ccc(C(F)(F)F)cc2O)c2c1CCOC2. The molecule has 2 aromatic rings. The topological polar surface area (TPSA) is 93.3 Å². The third kappa shape index (κ3) is 4.30. The Bertz CT molecular complexity index is 812. The Hall–Kier alpha value is -2.39. The van der Waals surface area contributed by atoms with Gasteiger partial charge in [0.2, 0.25) is 0 Å². The van der Waals surface area contributed by atoms with Crippen LogP contribution in [0.4, 0.5) is 19.0 Å². The number of nitrogens with zero attached hydrogens (tertiary/aromatic N) is 2. The number of halogens is 3. The average Bonchev–Trinajstić information content (AvgIpc) is 2.64. The zero-order valence-corrected chi connectivity index (χ0v) is 14.6. The summed E-state index contributed by atoms with van der Waals surface area (Å²) in [6.07, 6.45) is -2.13. The number of anilines is 1. The van der Waals surface area contributed by atoms with Crippen molar-refractivity contribution < 1.29 is 23.0 Å². The molecule has 0 saturated heterocycles. The van der Waals surface area contributed by atoms with Gasteiger partial charge in [-0.15, -0.1) is 10.2 Å². The van der Waals surface area contributed by atoms with E-state index in [1.165, 1.54) is 6.07 Å². The van der Waals surface area contributed by atoms with Gasteiger partial charge in [0.25, 0.3) is 0 Å². The van der Waals surface area contributed by atoms with Crippen LogP contribution in [0.3, 0.4) is 0 Å². The number of aromatic hydroxyl groups is 1. The first-order valence-electron chi connectivity index (χ1n) is 8.72. The Balaban J connectivity index is 1.95. The van der Waals surface area contributed by atoms with Gasteiger partial charge in [0, 0.05) is 23.2 Å². The highest BCUT2D eigenvalue weighted by molar-refractivity contribution is 5.72. The van der Waals surface area contributed by atoms with Crippen molar-refractivity contribution in [2.45, 2.75) is 32.0 Å². The van der Waals surface area contributed by atoms with E-state index in [9.17, 15) is 18.3 Å². The van der Waals surface area contributed by atoms with E-state index in [-0.39, 0.29) is 12.2 Å². The lowest BCUT2D eigenvalue weighted by molar-refractivity contribution is -0.137. The summed E-state index contributed by atoms with van der Waals surface area (Å²) in [5.74, 6) is 0.149. The summed E-state index contributed by atoms with van der Waals surface area (Å²) in [5.41, 5.74) is 6.75. The highest BCUT2D eigenvalue weighted by Gasteiger charge is 2.32. The highest BCUT2D eigenvalue weighted by atomic mass is 19.4. The van der Waals surface area contributed by atoms with Crippen LogP contribution in [0.15, 0.2) is 18.2 Å². The van der Waals surface area contributed by atoms with Gasteiger partial charge in [-0.1, -0.05) is 0 Å². The molecule has 27 heavy (non-hydrogen) atoms. The molecule has 4 N–H and O–H groups in total. The Morgan fingerprint density at radius 3 is 2.70 bits per heavy atom. The number of unbranched alkanes of at least 4 members (excludes halogenated alkanes) is 1. The van der Waals surface area contributed by atoms with E-state index < -0.39 is 17.5 Å². The zero-order valence-electron chi connectivity index (χ0n) is 14.6. The number of nitrogens with one attached hydrogen (secondary N) is 1. The number of aromatic nitrogens is 2. The van der Waals surface area contributed by atoms with Crippen LogP contribution in [0.1, 0.15) is 29.5 Å². The van der Waals surface area contributed by atoms with Gasteiger partial charge in [0.1, 0.15) is 11.4 Å². The second-order valence-electron chi connectivity index (χ2n) is 6.31. The normalized spacial score (nSPS) is 14.1. The number of benzene rings is 1. The van der Waals surface area contributed by atoms with Crippen LogP contribution in [0, 0.1) is 0 Å². The highest BCUT2D eigenvalue weighted by Crippen LogP contribution is 2.38. The van der Waals surface area contributed by atoms with Crippen LogP contribution in [0.2, 0.25) is 0 Å². The third-order valence-electron chi connectivity index (χ3n) is 4.43. The second-order valence-corrected chi connectivity index (χ2v) is 6.31. The van der Waals surface area contributed by atoms with E-state index in [1.54, 1.807) is 0 Å². The number of phenolic OH excluding ortho intramolecular Hbond substituents is 1. The largest absolute Gasteiger partial charge is 0.507 e. The molecule has 0 bridgehead atoms. The second kappa shape index (κ2) is 8.10. The standard InChI is InChI=1S/C18H21F3N4O2/c19-18(20,21)11-3-4-13(15(26)9-11)16-14-10-27-8-5-12(14)17(25-24-16)23-7-2-1-6-22/h3-4,9,26H,1-2,5-8,10,22H2,(H,23,25). The van der Waals surface area contributed by atoms with Crippen LogP contribution < -0.4 is 11.1 Å². The van der Waals surface area contributed by atoms with Gasteiger partial charge in [0.15, 0.2) is 5.82 Å². The maximum Gasteiger partial charge on any atom is 0.416 e. The van der Waals surface area contributed by atoms with Crippen molar-refractivity contribution in [3.05, 3.63) is 34.9 Å². The Morgan fingerprint density at radius 2 is 2.00 bits per heavy atom. The van der Waals surface area contributed by atoms with Crippen LogP contribution in [-0.2, 0) is 23.9 Å². The van der Waals surface area contributed by atoms with Gasteiger partial charge in [-0.05, 0) is 44.0 Å². The van der Waals surface area contributed by atoms with Gasteiger partial charge < -0.3 is 20.9 Å². The summed E-state index contributed by atoms with van der Waals surface area (Å²) < 4.78 is 44.0. The van der Waals surface area contributed by atoms with Crippen molar-refractivity contribution in [3.8, 4) is 17.0 Å². The average molecular weight is 382 g/mol. The van der Waals surface area contributed by atoms with Gasteiger partial charge in [-0.3, -0.25) is 0 Å². The monoisotopic (exact) mass is 382 g/mol. The van der Waals surface area contributed by atoms with Crippen LogP contribution >= 0.6 is 0 Å². The minimum Gasteiger partial charge on any atom is -0.507 e. The minimum absolute atomic E-state index is 0.201. The molecule has 0 amide bonds. The molecule has 146 valence electrons. The molecule has 1 aliphatic heterocycles. The van der Waals surface area contributed by atoms with Crippen molar-refractivity contribution in [1.82, 2.24) is 10.2 Å². The van der Waals surface area contributed by atoms with Crippen molar-refractivity contribution in [3.63, 3.8) is 0 Å². The molecule has 0 atom stereocenters. The van der Waals surface area contributed by atoms with Crippen molar-refractivity contribution in [2.24, 2.45) is 5.73 Å². The summed E-state index contributed by atoms with van der Waals surface area (Å²) in [6.45, 7) is 2.10. The number of phenols is 1. The van der Waals surface area contributed by atoms with Gasteiger partial charge in [-0.25, -0.2) is 0 Å². The fourth-order valence-corrected chi connectivity index (χ4v) is 3.02. The van der Waals surface area contributed by atoms with Crippen LogP contribution in [0.5, 0.6) is 5.75 Å². The number of hydrogen-bond donors (Lipinski definition) is 3. The zero-order chi connectivity index (χ0) is 19.4. The molecule has 1 aromatic heterocycles. The molecule has 2 heterocycles. The van der Waals surface area contributed by atoms with E-state index in [4.69, 9.17) is 10.5 Å². The lowest BCUT2D eigenvalue weighted by Gasteiger charge is -2.22. The number of fused-ring (bicyclic) bond motifs is 1. The molecule has 0 spiro atoms. The number of hydrogen-bond acceptors (Lipinski definition) is 6. The molecule has 0 fully saturated rings. The molecule has 3 rings (SSSR count). The predicted molar refractivity (Wildman–Crippen MR) is 94.3 cm³/mol. The van der Waals surface area contributed by atoms with E-state index in [0.29, 0.717) is 43.7 Å². The third-order valence-corrected chi connectivity index (χ3v) is 4.43. The number of ether oxygens (including phenoxy) is 1. The first-order valence-corrected chi connectivity index (χ1v) is 8.72. The molecular weight excluding hydrogens is 361 g/mol. The number of rotatable bonds is 6. The summed E-state index contributed by atoms with van der Waals surface area (Å²) in [4.78, 5) is 0. The molecule has 0 saturated carbocycles. The van der Waals surface area contributed by atoms with Gasteiger partial charge >= 0.3 is 6.18 Å². The molecule has 6 nitrogen and oxygen atoms in total. The van der Waals surface area contributed by atoms with Gasteiger partial charge in [-0.2, -0.15) is 13.2 Å². The summed E-state index contributed by atoms with van der Waals surface area (Å²) in [5, 5.41) is 21.7. The smallest absolute Gasteiger partial charge is 0.416 e. The molecular formula is C18H21F3N4O2. The summed E-state index contributed by atoms with van der Waals surface area (Å²) >= 11 is 0. The van der Waals surface area contributed by atoms with Crippen molar-refractivity contribution >= 4 is 5.82 Å². The summed E-state index contributed by atoms with van der Waals surface area (Å²) in [6, 6.07) is 2.84. The summed E-state index contributed by atoms with van der Waals surface area (Å²) in [7, 11) is 0. The van der Waals surface area contributed by atoms with Crippen LogP contribution in [0.25, 0.3) is 11.3 Å². The predicted octanol–water partition coefficient (Wildman–Crippen LogP) is 3.09. The lowest BCUT2D eigenvalue weighted by atomic mass is 9.97. The quantitative estimate of drug-likeness (QED) is 0.665. The molecule has 0 radical (unpaired) electrons. The first-order chi connectivity index (χ1) is 12.9. The first kappa shape index (κ1) is 19.4. The van der Waals surface area contributed by atoms with E-state index in [2.05, 4.69) is 15.5 Å². The molecule has 9 heteroatoms. The Morgan fingerprint density at radius 1 is 1.19 bits per heavy atom. The van der Waals surface area contributed by atoms with E-state index in [0.717, 1.165) is 30.0 Å². The van der Waals surface area contributed by atoms with Gasteiger partial charge in [0.05, 0.1) is 18.8 Å². The van der Waals surface area contributed by atoms with E-state index in [1.807, 2.05) is 0 Å². The molecule has 0 aliphatic carbocycles. The number of alkyl halides is 3. The fourth-order valence-electron chi connectivity index (χ4n) is 3.02. The Labute approximate surface area is 154 Å². The number of nitrogens with two attached hydrogens (primary N) is 1. The molecule has 0 unspecified atom stereocenters. The van der Waals surface area contributed by atoms with Crippen molar-refractivity contribution in [1.29, 1.82) is 0 Å². The minimum atomic E-state index is -4.53. The fraction of sp³-hybridized carbons (Fsp3) is 0.444. The maximum absolute atomic E-state index is 12.8. The maximum atomic E-state index is 12.8. The lowest BCUT2D eigenvalue weighted by Crippen LogP contribution is -2.18.